The molecule has 0 bridgehead atoms. The highest BCUT2D eigenvalue weighted by Gasteiger charge is 2.37. The number of carbonyl (C=O) groups is 1. The molecule has 2 aliphatic heterocycles. The summed E-state index contributed by atoms with van der Waals surface area (Å²) in [5.41, 5.74) is 1.06. The van der Waals surface area contributed by atoms with Crippen molar-refractivity contribution in [1.82, 2.24) is 14.7 Å². The molecule has 0 unspecified atom stereocenters. The van der Waals surface area contributed by atoms with Crippen LogP contribution in [0.1, 0.15) is 30.4 Å². The zero-order valence-electron chi connectivity index (χ0n) is 22.9. The molecule has 2 heterocycles. The number of aliphatic hydroxyl groups is 1. The maximum absolute atomic E-state index is 12.7. The lowest BCUT2D eigenvalue weighted by molar-refractivity contribution is -0.138. The average Bonchev–Trinajstić information content (AvgIpc) is 3.09. The number of benzene rings is 2. The van der Waals surface area contributed by atoms with Crippen LogP contribution in [0, 0.1) is 6.92 Å². The van der Waals surface area contributed by atoms with Crippen molar-refractivity contribution in [3.05, 3.63) is 59.7 Å². The molecule has 0 saturated carbocycles. The van der Waals surface area contributed by atoms with Crippen LogP contribution in [0.2, 0.25) is 0 Å². The van der Waals surface area contributed by atoms with E-state index < -0.39 is 5.60 Å². The molecule has 2 aromatic rings. The van der Waals surface area contributed by atoms with Crippen LogP contribution in [-0.4, -0.2) is 104 Å². The Morgan fingerprint density at radius 2 is 1.55 bits per heavy atom. The largest absolute Gasteiger partial charge is 0.492 e. The predicted molar refractivity (Wildman–Crippen MR) is 148 cm³/mol. The van der Waals surface area contributed by atoms with E-state index in [4.69, 9.17) is 14.2 Å². The fraction of sp³-hybridized carbons (Fsp3) is 0.567. The lowest BCUT2D eigenvalue weighted by Gasteiger charge is -2.33. The van der Waals surface area contributed by atoms with Gasteiger partial charge in [0, 0.05) is 39.8 Å². The van der Waals surface area contributed by atoms with Gasteiger partial charge in [-0.05, 0) is 62.7 Å². The maximum Gasteiger partial charge on any atom is 0.248 e. The van der Waals surface area contributed by atoms with Crippen LogP contribution in [0.4, 0.5) is 0 Å². The first-order chi connectivity index (χ1) is 18.4. The van der Waals surface area contributed by atoms with Crippen LogP contribution in [0.3, 0.4) is 0 Å². The van der Waals surface area contributed by atoms with Crippen molar-refractivity contribution in [2.24, 2.45) is 0 Å². The van der Waals surface area contributed by atoms with E-state index in [0.717, 1.165) is 23.4 Å². The second-order valence-corrected chi connectivity index (χ2v) is 10.7. The number of piperidine rings is 1. The fourth-order valence-corrected chi connectivity index (χ4v) is 5.17. The number of ether oxygens (including phenoxy) is 3. The molecule has 208 valence electrons. The van der Waals surface area contributed by atoms with Gasteiger partial charge < -0.3 is 24.2 Å². The molecule has 1 atom stereocenters. The summed E-state index contributed by atoms with van der Waals surface area (Å²) in [7, 11) is 1.51. The first-order valence-corrected chi connectivity index (χ1v) is 13.8. The number of hydrogen-bond donors (Lipinski definition) is 1. The minimum Gasteiger partial charge on any atom is -0.492 e. The molecule has 0 aromatic heterocycles. The van der Waals surface area contributed by atoms with Crippen LogP contribution in [0.25, 0.3) is 0 Å². The summed E-state index contributed by atoms with van der Waals surface area (Å²) in [5.74, 6) is 1.44. The highest BCUT2D eigenvalue weighted by Crippen LogP contribution is 2.21. The number of methoxy groups -OCH3 is 1. The number of aryl methyl sites for hydroxylation is 1. The van der Waals surface area contributed by atoms with E-state index in [1.54, 1.807) is 4.90 Å². The standard InChI is InChI=1S/C30H43N3O5/c1-25-6-10-28(11-7-25)38-24-30(35)22-32(16-17-33(23-30)29(34)21-36-2)20-26-8-12-27(13-9-26)37-19-18-31-14-4-3-5-15-31/h6-13,35H,3-5,14-24H2,1-2H3/t30-/m0/s1. The summed E-state index contributed by atoms with van der Waals surface area (Å²) in [4.78, 5) is 19.0. The van der Waals surface area contributed by atoms with Gasteiger partial charge in [-0.1, -0.05) is 36.2 Å². The van der Waals surface area contributed by atoms with E-state index in [1.165, 1.54) is 39.5 Å². The number of amides is 1. The topological polar surface area (TPSA) is 74.7 Å². The van der Waals surface area contributed by atoms with Gasteiger partial charge >= 0.3 is 0 Å². The van der Waals surface area contributed by atoms with Gasteiger partial charge in [0.25, 0.3) is 0 Å². The summed E-state index contributed by atoms with van der Waals surface area (Å²) in [6.45, 7) is 8.54. The fourth-order valence-electron chi connectivity index (χ4n) is 5.17. The van der Waals surface area contributed by atoms with Gasteiger partial charge in [-0.15, -0.1) is 0 Å². The Kier molecular flexibility index (Phi) is 10.4. The highest BCUT2D eigenvalue weighted by atomic mass is 16.5. The monoisotopic (exact) mass is 525 g/mol. The van der Waals surface area contributed by atoms with Crippen LogP contribution in [-0.2, 0) is 16.1 Å². The molecule has 1 amide bonds. The van der Waals surface area contributed by atoms with E-state index in [2.05, 4.69) is 21.9 Å². The lowest BCUT2D eigenvalue weighted by Crippen LogP contribution is -2.52. The normalized spacial score (nSPS) is 21.2. The molecular weight excluding hydrogens is 482 g/mol. The van der Waals surface area contributed by atoms with E-state index >= 15 is 0 Å². The van der Waals surface area contributed by atoms with Crippen LogP contribution in [0.5, 0.6) is 11.5 Å². The number of likely N-dealkylation sites (tertiary alicyclic amines) is 1. The molecule has 0 aliphatic carbocycles. The second kappa shape index (κ2) is 13.9. The molecule has 0 radical (unpaired) electrons. The van der Waals surface area contributed by atoms with Crippen LogP contribution in [0.15, 0.2) is 48.5 Å². The Hall–Kier alpha value is -2.65. The van der Waals surface area contributed by atoms with Crippen molar-refractivity contribution >= 4 is 5.91 Å². The van der Waals surface area contributed by atoms with E-state index in [1.807, 2.05) is 43.3 Å². The highest BCUT2D eigenvalue weighted by molar-refractivity contribution is 5.77. The molecule has 2 aliphatic rings. The minimum atomic E-state index is -1.22. The zero-order valence-corrected chi connectivity index (χ0v) is 22.9. The Morgan fingerprint density at radius 3 is 2.26 bits per heavy atom. The van der Waals surface area contributed by atoms with Crippen molar-refractivity contribution in [3.8, 4) is 11.5 Å². The SMILES string of the molecule is COCC(=O)N1CCN(Cc2ccc(OCCN3CCCCC3)cc2)C[C@@](O)(COc2ccc(C)cc2)C1. The number of β-amino-alcohol motifs (C(OH)–C–C–N with tert-alkyl or cyclic N) is 1. The van der Waals surface area contributed by atoms with Gasteiger partial charge in [0.05, 0.1) is 6.54 Å². The molecule has 2 aromatic carbocycles. The third-order valence-electron chi connectivity index (χ3n) is 7.29. The molecule has 2 fully saturated rings. The van der Waals surface area contributed by atoms with Gasteiger partial charge in [0.2, 0.25) is 5.91 Å². The molecule has 2 saturated heterocycles. The van der Waals surface area contributed by atoms with Gasteiger partial charge in [0.15, 0.2) is 0 Å². The third kappa shape index (κ3) is 8.70. The first-order valence-electron chi connectivity index (χ1n) is 13.8. The van der Waals surface area contributed by atoms with E-state index in [9.17, 15) is 9.90 Å². The molecule has 8 nitrogen and oxygen atoms in total. The van der Waals surface area contributed by atoms with Crippen LogP contribution >= 0.6 is 0 Å². The first kappa shape index (κ1) is 28.4. The Balaban J connectivity index is 1.35. The van der Waals surface area contributed by atoms with Crippen molar-refractivity contribution in [1.29, 1.82) is 0 Å². The predicted octanol–water partition coefficient (Wildman–Crippen LogP) is 2.96. The molecular formula is C30H43N3O5. The van der Waals surface area contributed by atoms with Crippen molar-refractivity contribution in [2.75, 3.05) is 72.7 Å². The minimum absolute atomic E-state index is 0.00583. The van der Waals surface area contributed by atoms with Gasteiger partial charge in [-0.25, -0.2) is 0 Å². The molecule has 1 N–H and O–H groups in total. The number of carbonyl (C=O) groups excluding carboxylic acids is 1. The number of hydrogen-bond acceptors (Lipinski definition) is 7. The quantitative estimate of drug-likeness (QED) is 0.484. The van der Waals surface area contributed by atoms with Crippen molar-refractivity contribution in [3.63, 3.8) is 0 Å². The van der Waals surface area contributed by atoms with Gasteiger partial charge in [-0.3, -0.25) is 14.6 Å². The third-order valence-corrected chi connectivity index (χ3v) is 7.29. The summed E-state index contributed by atoms with van der Waals surface area (Å²) in [6.07, 6.45) is 3.92. The second-order valence-electron chi connectivity index (χ2n) is 10.7. The van der Waals surface area contributed by atoms with Crippen molar-refractivity contribution < 1.29 is 24.1 Å². The Labute approximate surface area is 227 Å². The average molecular weight is 526 g/mol. The van der Waals surface area contributed by atoms with E-state index in [-0.39, 0.29) is 25.7 Å². The Morgan fingerprint density at radius 1 is 0.868 bits per heavy atom. The number of nitrogens with zero attached hydrogens (tertiary/aromatic N) is 3. The van der Waals surface area contributed by atoms with Gasteiger partial charge in [0.1, 0.15) is 36.9 Å². The molecule has 8 heteroatoms. The summed E-state index contributed by atoms with van der Waals surface area (Å²) < 4.78 is 17.0. The van der Waals surface area contributed by atoms with Gasteiger partial charge in [-0.2, -0.15) is 0 Å². The smallest absolute Gasteiger partial charge is 0.248 e. The molecule has 38 heavy (non-hydrogen) atoms. The van der Waals surface area contributed by atoms with Crippen LogP contribution < -0.4 is 9.47 Å². The van der Waals surface area contributed by atoms with E-state index in [0.29, 0.717) is 38.5 Å². The summed E-state index contributed by atoms with van der Waals surface area (Å²) in [5, 5.41) is 11.6. The molecule has 0 spiro atoms. The summed E-state index contributed by atoms with van der Waals surface area (Å²) in [6, 6.07) is 16.0. The molecule has 4 rings (SSSR count). The Bertz CT molecular complexity index is 994. The lowest BCUT2D eigenvalue weighted by atomic mass is 10.0. The maximum atomic E-state index is 12.7. The zero-order chi connectivity index (χ0) is 26.8. The summed E-state index contributed by atoms with van der Waals surface area (Å²) >= 11 is 0. The van der Waals surface area contributed by atoms with Crippen molar-refractivity contribution in [2.45, 2.75) is 38.3 Å². The number of rotatable bonds is 11.